The van der Waals surface area contributed by atoms with Crippen LogP contribution in [0.25, 0.3) is 0 Å². The Hall–Kier alpha value is -3.03. The monoisotopic (exact) mass is 319 g/mol. The molecule has 0 saturated heterocycles. The van der Waals surface area contributed by atoms with E-state index in [1.165, 1.54) is 41.0 Å². The third kappa shape index (κ3) is 3.79. The molecule has 0 aliphatic rings. The Morgan fingerprint density at radius 1 is 1.17 bits per heavy atom. The van der Waals surface area contributed by atoms with Crippen molar-refractivity contribution >= 4 is 11.6 Å². The van der Waals surface area contributed by atoms with E-state index in [4.69, 9.17) is 5.73 Å². The van der Waals surface area contributed by atoms with Crippen LogP contribution in [0.2, 0.25) is 0 Å². The van der Waals surface area contributed by atoms with Gasteiger partial charge in [-0.2, -0.15) is 0 Å². The standard InChI is InChI=1S/C15H17N3O5/c16-15(21)12(10-3-5-11(6-4-10)18(22)23)2-1-9-17-13(19)7-8-14(17)20/h3-8,12,19-20H,1-2,9H2,(H2,16,21). The van der Waals surface area contributed by atoms with Crippen LogP contribution in [0.15, 0.2) is 36.4 Å². The highest BCUT2D eigenvalue weighted by Crippen LogP contribution is 2.26. The number of carbonyl (C=O) groups excluding carboxylic acids is 1. The second kappa shape index (κ2) is 6.82. The van der Waals surface area contributed by atoms with E-state index in [0.717, 1.165) is 0 Å². The van der Waals surface area contributed by atoms with Gasteiger partial charge in [0.05, 0.1) is 10.8 Å². The second-order valence-corrected chi connectivity index (χ2v) is 5.15. The summed E-state index contributed by atoms with van der Waals surface area (Å²) in [6.07, 6.45) is 0.880. The summed E-state index contributed by atoms with van der Waals surface area (Å²) in [4.78, 5) is 21.8. The van der Waals surface area contributed by atoms with Gasteiger partial charge in [0.15, 0.2) is 11.8 Å². The predicted molar refractivity (Wildman–Crippen MR) is 82.0 cm³/mol. The minimum atomic E-state index is -0.587. The third-order valence-corrected chi connectivity index (χ3v) is 3.66. The number of non-ortho nitro benzene ring substituents is 1. The SMILES string of the molecule is NC(=O)C(CCCn1c(O)ccc1O)c1ccc([N+](=O)[O-])cc1. The van der Waals surface area contributed by atoms with Crippen LogP contribution in [0.1, 0.15) is 24.3 Å². The molecule has 2 rings (SSSR count). The Labute approximate surface area is 131 Å². The Morgan fingerprint density at radius 2 is 1.74 bits per heavy atom. The van der Waals surface area contributed by atoms with Gasteiger partial charge in [-0.15, -0.1) is 0 Å². The number of hydrogen-bond donors (Lipinski definition) is 3. The lowest BCUT2D eigenvalue weighted by Gasteiger charge is -2.14. The molecule has 1 unspecified atom stereocenters. The molecule has 0 bridgehead atoms. The molecule has 8 nitrogen and oxygen atoms in total. The number of nitro groups is 1. The number of aromatic hydroxyl groups is 2. The van der Waals surface area contributed by atoms with Crippen LogP contribution in [0.4, 0.5) is 5.69 Å². The number of hydrogen-bond acceptors (Lipinski definition) is 5. The van der Waals surface area contributed by atoms with E-state index in [1.54, 1.807) is 0 Å². The van der Waals surface area contributed by atoms with Gasteiger partial charge in [-0.1, -0.05) is 12.1 Å². The normalized spacial score (nSPS) is 12.0. The molecule has 0 radical (unpaired) electrons. The summed E-state index contributed by atoms with van der Waals surface area (Å²) in [5.41, 5.74) is 5.95. The maximum absolute atomic E-state index is 11.6. The molecule has 122 valence electrons. The number of primary amides is 1. The van der Waals surface area contributed by atoms with Gasteiger partial charge >= 0.3 is 0 Å². The van der Waals surface area contributed by atoms with E-state index in [2.05, 4.69) is 0 Å². The maximum Gasteiger partial charge on any atom is 0.269 e. The number of rotatable bonds is 7. The zero-order valence-electron chi connectivity index (χ0n) is 12.3. The average molecular weight is 319 g/mol. The fourth-order valence-electron chi connectivity index (χ4n) is 2.43. The van der Waals surface area contributed by atoms with Crippen molar-refractivity contribution in [3.05, 3.63) is 52.1 Å². The van der Waals surface area contributed by atoms with Crippen molar-refractivity contribution in [1.82, 2.24) is 4.57 Å². The van der Waals surface area contributed by atoms with Gasteiger partial charge in [0.2, 0.25) is 5.91 Å². The lowest BCUT2D eigenvalue weighted by molar-refractivity contribution is -0.384. The molecule has 1 heterocycles. The number of nitrogens with two attached hydrogens (primary N) is 1. The quantitative estimate of drug-likeness (QED) is 0.529. The molecule has 0 aliphatic carbocycles. The molecular formula is C15H17N3O5. The van der Waals surface area contributed by atoms with Crippen LogP contribution in [-0.4, -0.2) is 25.6 Å². The van der Waals surface area contributed by atoms with Gasteiger partial charge in [0.1, 0.15) is 0 Å². The molecule has 2 aromatic rings. The Bertz CT molecular complexity index is 689. The maximum atomic E-state index is 11.6. The zero-order chi connectivity index (χ0) is 17.0. The first-order valence-electron chi connectivity index (χ1n) is 7.01. The molecule has 0 saturated carbocycles. The molecule has 0 aliphatic heterocycles. The van der Waals surface area contributed by atoms with Crippen LogP contribution >= 0.6 is 0 Å². The van der Waals surface area contributed by atoms with Crippen molar-refractivity contribution in [2.75, 3.05) is 0 Å². The highest BCUT2D eigenvalue weighted by Gasteiger charge is 2.19. The summed E-state index contributed by atoms with van der Waals surface area (Å²) in [7, 11) is 0. The van der Waals surface area contributed by atoms with E-state index in [9.17, 15) is 25.1 Å². The van der Waals surface area contributed by atoms with Crippen molar-refractivity contribution in [2.45, 2.75) is 25.3 Å². The molecule has 0 fully saturated rings. The summed E-state index contributed by atoms with van der Waals surface area (Å²) in [6.45, 7) is 0.321. The number of nitrogens with zero attached hydrogens (tertiary/aromatic N) is 2. The minimum Gasteiger partial charge on any atom is -0.494 e. The highest BCUT2D eigenvalue weighted by molar-refractivity contribution is 5.81. The van der Waals surface area contributed by atoms with E-state index in [0.29, 0.717) is 24.9 Å². The summed E-state index contributed by atoms with van der Waals surface area (Å²) >= 11 is 0. The average Bonchev–Trinajstić information content (AvgIpc) is 2.83. The van der Waals surface area contributed by atoms with Crippen LogP contribution < -0.4 is 5.73 Å². The zero-order valence-corrected chi connectivity index (χ0v) is 12.3. The summed E-state index contributed by atoms with van der Waals surface area (Å²) in [6, 6.07) is 8.43. The first-order valence-corrected chi connectivity index (χ1v) is 7.01. The Kier molecular flexibility index (Phi) is 4.85. The summed E-state index contributed by atoms with van der Waals surface area (Å²) in [5, 5.41) is 29.8. The van der Waals surface area contributed by atoms with E-state index in [-0.39, 0.29) is 17.4 Å². The van der Waals surface area contributed by atoms with Crippen LogP contribution in [0.5, 0.6) is 11.8 Å². The minimum absolute atomic E-state index is 0.0563. The second-order valence-electron chi connectivity index (χ2n) is 5.15. The topological polar surface area (TPSA) is 132 Å². The third-order valence-electron chi connectivity index (χ3n) is 3.66. The van der Waals surface area contributed by atoms with Gasteiger partial charge in [-0.3, -0.25) is 19.5 Å². The van der Waals surface area contributed by atoms with E-state index >= 15 is 0 Å². The number of benzene rings is 1. The first kappa shape index (κ1) is 16.3. The fourth-order valence-corrected chi connectivity index (χ4v) is 2.43. The van der Waals surface area contributed by atoms with Crippen molar-refractivity contribution in [2.24, 2.45) is 5.73 Å². The Balaban J connectivity index is 2.04. The number of amides is 1. The lowest BCUT2D eigenvalue weighted by atomic mass is 9.93. The van der Waals surface area contributed by atoms with E-state index < -0.39 is 16.7 Å². The van der Waals surface area contributed by atoms with Crippen molar-refractivity contribution in [3.63, 3.8) is 0 Å². The molecule has 1 amide bonds. The van der Waals surface area contributed by atoms with Gasteiger partial charge < -0.3 is 15.9 Å². The van der Waals surface area contributed by atoms with Gasteiger partial charge in [-0.05, 0) is 18.4 Å². The smallest absolute Gasteiger partial charge is 0.269 e. The number of carbonyl (C=O) groups is 1. The molecule has 8 heteroatoms. The van der Waals surface area contributed by atoms with Gasteiger partial charge in [0, 0.05) is 30.8 Å². The van der Waals surface area contributed by atoms with Gasteiger partial charge in [0.25, 0.3) is 5.69 Å². The van der Waals surface area contributed by atoms with Crippen molar-refractivity contribution < 1.29 is 19.9 Å². The molecule has 1 aromatic heterocycles. The molecule has 1 aromatic carbocycles. The number of nitro benzene ring substituents is 1. The molecule has 4 N–H and O–H groups in total. The largest absolute Gasteiger partial charge is 0.494 e. The molecule has 0 spiro atoms. The first-order chi connectivity index (χ1) is 10.9. The number of aromatic nitrogens is 1. The van der Waals surface area contributed by atoms with Gasteiger partial charge in [-0.25, -0.2) is 0 Å². The van der Waals surface area contributed by atoms with Crippen LogP contribution in [0.3, 0.4) is 0 Å². The fraction of sp³-hybridized carbons (Fsp3) is 0.267. The highest BCUT2D eigenvalue weighted by atomic mass is 16.6. The van der Waals surface area contributed by atoms with Crippen LogP contribution in [-0.2, 0) is 11.3 Å². The Morgan fingerprint density at radius 3 is 2.22 bits per heavy atom. The van der Waals surface area contributed by atoms with Crippen LogP contribution in [0, 0.1) is 10.1 Å². The van der Waals surface area contributed by atoms with Crippen molar-refractivity contribution in [1.29, 1.82) is 0 Å². The molecule has 23 heavy (non-hydrogen) atoms. The summed E-state index contributed by atoms with van der Waals surface area (Å²) in [5.74, 6) is -1.24. The lowest BCUT2D eigenvalue weighted by Crippen LogP contribution is -2.21. The summed E-state index contributed by atoms with van der Waals surface area (Å²) < 4.78 is 1.31. The van der Waals surface area contributed by atoms with E-state index in [1.807, 2.05) is 0 Å². The molecule has 1 atom stereocenters. The van der Waals surface area contributed by atoms with Crippen molar-refractivity contribution in [3.8, 4) is 11.8 Å². The predicted octanol–water partition coefficient (Wildman–Crippen LogP) is 1.86. The molecular weight excluding hydrogens is 302 g/mol.